The molecule has 1 heterocycles. The lowest BCUT2D eigenvalue weighted by molar-refractivity contribution is -0.0243. The minimum absolute atomic E-state index is 0.233. The molecule has 3 aliphatic rings. The maximum absolute atomic E-state index is 6.11. The molecule has 19 heavy (non-hydrogen) atoms. The quantitative estimate of drug-likeness (QED) is 0.564. The minimum atomic E-state index is 0.233. The molecule has 0 aromatic rings. The Morgan fingerprint density at radius 3 is 2.63 bits per heavy atom. The number of hydrogen-bond donors (Lipinski definition) is 0. The fraction of sp³-hybridized carbons (Fsp3) is 0.875. The minimum Gasteiger partial charge on any atom is -0.499 e. The maximum atomic E-state index is 6.11. The molecule has 2 saturated carbocycles. The third-order valence-electron chi connectivity index (χ3n) is 5.11. The number of epoxide rings is 1. The van der Waals surface area contributed by atoms with Crippen LogP contribution in [0.15, 0.2) is 12.8 Å². The van der Waals surface area contributed by atoms with Gasteiger partial charge in [-0.05, 0) is 57.8 Å². The van der Waals surface area contributed by atoms with Gasteiger partial charge in [0.1, 0.15) is 0 Å². The molecule has 2 aliphatic carbocycles. The van der Waals surface area contributed by atoms with Gasteiger partial charge in [0.05, 0.1) is 30.2 Å². The van der Waals surface area contributed by atoms with Gasteiger partial charge in [0.2, 0.25) is 0 Å². The number of fused-ring (bicyclic) bond motifs is 1. The largest absolute Gasteiger partial charge is 0.499 e. The van der Waals surface area contributed by atoms with Gasteiger partial charge in [-0.1, -0.05) is 6.58 Å². The van der Waals surface area contributed by atoms with Gasteiger partial charge in [0.25, 0.3) is 0 Å². The van der Waals surface area contributed by atoms with Crippen molar-refractivity contribution in [3.63, 3.8) is 0 Å². The van der Waals surface area contributed by atoms with Crippen LogP contribution >= 0.6 is 0 Å². The van der Waals surface area contributed by atoms with E-state index in [1.165, 1.54) is 19.3 Å². The zero-order valence-electron chi connectivity index (χ0n) is 12.0. The summed E-state index contributed by atoms with van der Waals surface area (Å²) in [4.78, 5) is 0. The Balaban J connectivity index is 1.34. The zero-order valence-corrected chi connectivity index (χ0v) is 12.0. The molecule has 0 aromatic carbocycles. The van der Waals surface area contributed by atoms with E-state index in [2.05, 4.69) is 13.5 Å². The first-order chi connectivity index (χ1) is 9.19. The molecule has 108 valence electrons. The highest BCUT2D eigenvalue weighted by Crippen LogP contribution is 2.49. The van der Waals surface area contributed by atoms with E-state index in [4.69, 9.17) is 14.2 Å². The Morgan fingerprint density at radius 1 is 1.21 bits per heavy atom. The number of hydrogen-bond acceptors (Lipinski definition) is 3. The third kappa shape index (κ3) is 3.14. The molecule has 3 heteroatoms. The Labute approximate surface area is 116 Å². The van der Waals surface area contributed by atoms with Crippen LogP contribution in [-0.2, 0) is 14.2 Å². The van der Waals surface area contributed by atoms with Crippen LogP contribution < -0.4 is 0 Å². The van der Waals surface area contributed by atoms with Crippen LogP contribution in [-0.4, -0.2) is 30.5 Å². The number of ether oxygens (including phenoxy) is 3. The van der Waals surface area contributed by atoms with E-state index in [-0.39, 0.29) is 5.60 Å². The molecule has 0 bridgehead atoms. The van der Waals surface area contributed by atoms with Gasteiger partial charge >= 0.3 is 0 Å². The van der Waals surface area contributed by atoms with Crippen LogP contribution in [0.25, 0.3) is 0 Å². The SMILES string of the molecule is C=COC1CCC(OCC2CCC3(C)O[C@H]3C2)CC1. The molecule has 0 amide bonds. The van der Waals surface area contributed by atoms with Crippen molar-refractivity contribution in [2.75, 3.05) is 6.61 Å². The summed E-state index contributed by atoms with van der Waals surface area (Å²) in [5, 5.41) is 0. The van der Waals surface area contributed by atoms with E-state index < -0.39 is 0 Å². The van der Waals surface area contributed by atoms with E-state index in [0.717, 1.165) is 32.3 Å². The second kappa shape index (κ2) is 5.45. The van der Waals surface area contributed by atoms with Crippen molar-refractivity contribution in [2.24, 2.45) is 5.92 Å². The molecule has 3 nitrogen and oxygen atoms in total. The van der Waals surface area contributed by atoms with Gasteiger partial charge in [0, 0.05) is 6.61 Å². The summed E-state index contributed by atoms with van der Waals surface area (Å²) < 4.78 is 17.3. The van der Waals surface area contributed by atoms with Crippen molar-refractivity contribution in [3.8, 4) is 0 Å². The third-order valence-corrected chi connectivity index (χ3v) is 5.11. The molecule has 3 atom stereocenters. The normalized spacial score (nSPS) is 45.3. The Bertz CT molecular complexity index is 322. The molecule has 1 aliphatic heterocycles. The molecule has 3 fully saturated rings. The standard InChI is InChI=1S/C16H26O3/c1-3-17-13-4-6-14(7-5-13)18-11-12-8-9-16(2)15(10-12)19-16/h3,12-15H,1,4-11H2,2H3/t12?,13?,14?,15-,16?/m0/s1. The molecule has 0 radical (unpaired) electrons. The van der Waals surface area contributed by atoms with Gasteiger partial charge in [-0.15, -0.1) is 0 Å². The fourth-order valence-electron chi connectivity index (χ4n) is 3.61. The van der Waals surface area contributed by atoms with Crippen LogP contribution in [0.3, 0.4) is 0 Å². The molecule has 0 spiro atoms. The smallest absolute Gasteiger partial charge is 0.0980 e. The van der Waals surface area contributed by atoms with Gasteiger partial charge in [0.15, 0.2) is 0 Å². The summed E-state index contributed by atoms with van der Waals surface area (Å²) in [7, 11) is 0. The van der Waals surface area contributed by atoms with Gasteiger partial charge in [-0.25, -0.2) is 0 Å². The molecule has 2 unspecified atom stereocenters. The van der Waals surface area contributed by atoms with Crippen molar-refractivity contribution in [2.45, 2.75) is 75.8 Å². The second-order valence-corrected chi connectivity index (χ2v) is 6.59. The monoisotopic (exact) mass is 266 g/mol. The average Bonchev–Trinajstić information content (AvgIpc) is 3.09. The van der Waals surface area contributed by atoms with Gasteiger partial charge in [-0.3, -0.25) is 0 Å². The van der Waals surface area contributed by atoms with Crippen LogP contribution in [0.4, 0.5) is 0 Å². The topological polar surface area (TPSA) is 31.0 Å². The molecule has 0 aromatic heterocycles. The van der Waals surface area contributed by atoms with Crippen molar-refractivity contribution < 1.29 is 14.2 Å². The first-order valence-electron chi connectivity index (χ1n) is 7.75. The zero-order chi connectivity index (χ0) is 13.3. The molecule has 0 N–H and O–H groups in total. The summed E-state index contributed by atoms with van der Waals surface area (Å²) in [5.41, 5.74) is 0.233. The highest BCUT2D eigenvalue weighted by Gasteiger charge is 2.55. The lowest BCUT2D eigenvalue weighted by atomic mass is 9.83. The summed E-state index contributed by atoms with van der Waals surface area (Å²) in [5.74, 6) is 0.711. The first kappa shape index (κ1) is 13.4. The predicted octanol–water partition coefficient (Wildman–Crippen LogP) is 3.43. The number of rotatable bonds is 5. The van der Waals surface area contributed by atoms with Crippen LogP contribution in [0.5, 0.6) is 0 Å². The lowest BCUT2D eigenvalue weighted by Gasteiger charge is -2.30. The Morgan fingerprint density at radius 2 is 1.95 bits per heavy atom. The van der Waals surface area contributed by atoms with Crippen molar-refractivity contribution >= 4 is 0 Å². The van der Waals surface area contributed by atoms with Crippen molar-refractivity contribution in [1.82, 2.24) is 0 Å². The van der Waals surface area contributed by atoms with E-state index in [9.17, 15) is 0 Å². The average molecular weight is 266 g/mol. The fourth-order valence-corrected chi connectivity index (χ4v) is 3.61. The van der Waals surface area contributed by atoms with Crippen LogP contribution in [0.2, 0.25) is 0 Å². The van der Waals surface area contributed by atoms with E-state index in [1.807, 2.05) is 0 Å². The lowest BCUT2D eigenvalue weighted by Crippen LogP contribution is -2.29. The van der Waals surface area contributed by atoms with Crippen molar-refractivity contribution in [3.05, 3.63) is 12.8 Å². The molecular weight excluding hydrogens is 240 g/mol. The second-order valence-electron chi connectivity index (χ2n) is 6.59. The summed E-state index contributed by atoms with van der Waals surface area (Å²) in [6, 6.07) is 0. The van der Waals surface area contributed by atoms with E-state index in [0.29, 0.717) is 24.2 Å². The highest BCUT2D eigenvalue weighted by molar-refractivity contribution is 5.03. The molecular formula is C16H26O3. The predicted molar refractivity (Wildman–Crippen MR) is 73.9 cm³/mol. The molecule has 3 rings (SSSR count). The van der Waals surface area contributed by atoms with Crippen LogP contribution in [0.1, 0.15) is 51.9 Å². The van der Waals surface area contributed by atoms with Gasteiger partial charge in [-0.2, -0.15) is 0 Å². The summed E-state index contributed by atoms with van der Waals surface area (Å²) in [6.45, 7) is 6.79. The summed E-state index contributed by atoms with van der Waals surface area (Å²) >= 11 is 0. The highest BCUT2D eigenvalue weighted by atomic mass is 16.6. The van der Waals surface area contributed by atoms with E-state index >= 15 is 0 Å². The first-order valence-corrected chi connectivity index (χ1v) is 7.75. The van der Waals surface area contributed by atoms with E-state index in [1.54, 1.807) is 6.26 Å². The van der Waals surface area contributed by atoms with Gasteiger partial charge < -0.3 is 14.2 Å². The van der Waals surface area contributed by atoms with Crippen molar-refractivity contribution in [1.29, 1.82) is 0 Å². The summed E-state index contributed by atoms with van der Waals surface area (Å²) in [6.07, 6.45) is 11.0. The molecule has 1 saturated heterocycles. The Hall–Kier alpha value is -0.540. The maximum Gasteiger partial charge on any atom is 0.0980 e. The van der Waals surface area contributed by atoms with Crippen LogP contribution in [0, 0.1) is 5.92 Å². The Kier molecular flexibility index (Phi) is 3.86.